The Morgan fingerprint density at radius 1 is 1.30 bits per heavy atom. The smallest absolute Gasteiger partial charge is 0.250 e. The molecule has 2 aromatic rings. The molecule has 0 amide bonds. The maximum absolute atomic E-state index is 6.05. The van der Waals surface area contributed by atoms with Crippen LogP contribution < -0.4 is 10.6 Å². The van der Waals surface area contributed by atoms with Crippen LogP contribution in [0.15, 0.2) is 30.3 Å². The third-order valence-corrected chi connectivity index (χ3v) is 3.94. The van der Waals surface area contributed by atoms with Gasteiger partial charge in [0, 0.05) is 19.1 Å². The second kappa shape index (κ2) is 5.58. The predicted molar refractivity (Wildman–Crippen MR) is 77.7 cm³/mol. The Morgan fingerprint density at radius 2 is 2.10 bits per heavy atom. The first-order valence-electron chi connectivity index (χ1n) is 7.10. The summed E-state index contributed by atoms with van der Waals surface area (Å²) in [6.07, 6.45) is 2.31. The zero-order chi connectivity index (χ0) is 13.9. The molecule has 1 saturated heterocycles. The molecule has 2 unspecified atom stereocenters. The van der Waals surface area contributed by atoms with Crippen molar-refractivity contribution in [2.75, 3.05) is 18.0 Å². The summed E-state index contributed by atoms with van der Waals surface area (Å²) in [6, 6.07) is 10.2. The fourth-order valence-corrected chi connectivity index (χ4v) is 2.74. The Hall–Kier alpha value is -1.95. The van der Waals surface area contributed by atoms with Crippen LogP contribution in [0.5, 0.6) is 0 Å². The maximum atomic E-state index is 6.05. The molecule has 6 nitrogen and oxygen atoms in total. The van der Waals surface area contributed by atoms with Gasteiger partial charge in [-0.25, -0.2) is 0 Å². The summed E-state index contributed by atoms with van der Waals surface area (Å²) in [5.41, 5.74) is 7.03. The maximum Gasteiger partial charge on any atom is 0.250 e. The lowest BCUT2D eigenvalue weighted by atomic mass is 9.92. The fraction of sp³-hybridized carbons (Fsp3) is 0.500. The van der Waals surface area contributed by atoms with Crippen molar-refractivity contribution < 1.29 is 0 Å². The Kier molecular flexibility index (Phi) is 3.64. The van der Waals surface area contributed by atoms with E-state index in [0.717, 1.165) is 31.1 Å². The first kappa shape index (κ1) is 13.1. The minimum absolute atomic E-state index is 0.207. The van der Waals surface area contributed by atoms with Crippen molar-refractivity contribution in [1.29, 1.82) is 0 Å². The topological polar surface area (TPSA) is 72.9 Å². The molecule has 0 saturated carbocycles. The molecule has 0 spiro atoms. The minimum atomic E-state index is 0.207. The molecule has 106 valence electrons. The van der Waals surface area contributed by atoms with Crippen LogP contribution in [0.3, 0.4) is 0 Å². The molecule has 2 atom stereocenters. The summed E-state index contributed by atoms with van der Waals surface area (Å²) in [5, 5.41) is 12.1. The fourth-order valence-electron chi connectivity index (χ4n) is 2.74. The third kappa shape index (κ3) is 2.51. The van der Waals surface area contributed by atoms with Crippen molar-refractivity contribution in [3.63, 3.8) is 0 Å². The van der Waals surface area contributed by atoms with Gasteiger partial charge in [0.05, 0.1) is 5.69 Å². The van der Waals surface area contributed by atoms with Gasteiger partial charge in [-0.05, 0) is 48.2 Å². The van der Waals surface area contributed by atoms with Gasteiger partial charge in [-0.1, -0.05) is 23.3 Å². The number of para-hydroxylation sites is 1. The Morgan fingerprint density at radius 3 is 2.85 bits per heavy atom. The van der Waals surface area contributed by atoms with Crippen LogP contribution in [0.4, 0.5) is 5.95 Å². The number of nitrogens with zero attached hydrogens (tertiary/aromatic N) is 5. The number of tetrazole rings is 1. The lowest BCUT2D eigenvalue weighted by Gasteiger charge is -2.34. The first-order chi connectivity index (χ1) is 9.75. The molecular weight excluding hydrogens is 252 g/mol. The van der Waals surface area contributed by atoms with E-state index in [-0.39, 0.29) is 6.04 Å². The molecule has 1 aliphatic heterocycles. The Labute approximate surface area is 118 Å². The molecule has 1 aromatic heterocycles. The molecule has 0 radical (unpaired) electrons. The lowest BCUT2D eigenvalue weighted by molar-refractivity contribution is 0.361. The average molecular weight is 272 g/mol. The molecule has 1 aromatic carbocycles. The Bertz CT molecular complexity index is 550. The number of piperidine rings is 1. The van der Waals surface area contributed by atoms with Gasteiger partial charge in [0.2, 0.25) is 5.95 Å². The van der Waals surface area contributed by atoms with Gasteiger partial charge in [-0.3, -0.25) is 0 Å². The molecule has 0 aliphatic carbocycles. The van der Waals surface area contributed by atoms with E-state index in [0.29, 0.717) is 5.92 Å². The van der Waals surface area contributed by atoms with Crippen LogP contribution >= 0.6 is 0 Å². The van der Waals surface area contributed by atoms with Crippen LogP contribution in [0, 0.1) is 5.92 Å². The third-order valence-electron chi connectivity index (χ3n) is 3.94. The van der Waals surface area contributed by atoms with Crippen molar-refractivity contribution in [3.8, 4) is 5.69 Å². The highest BCUT2D eigenvalue weighted by Gasteiger charge is 2.26. The van der Waals surface area contributed by atoms with E-state index in [1.54, 1.807) is 4.68 Å². The largest absolute Gasteiger partial charge is 0.339 e. The zero-order valence-corrected chi connectivity index (χ0v) is 11.7. The van der Waals surface area contributed by atoms with Crippen molar-refractivity contribution in [1.82, 2.24) is 20.2 Å². The van der Waals surface area contributed by atoms with Crippen LogP contribution in [-0.4, -0.2) is 39.3 Å². The number of anilines is 1. The standard InChI is InChI=1S/C14H20N6/c1-11(15)12-6-5-9-19(10-12)14-16-17-18-20(14)13-7-3-2-4-8-13/h2-4,7-8,11-12H,5-6,9-10,15H2,1H3. The molecule has 3 rings (SSSR count). The highest BCUT2D eigenvalue weighted by molar-refractivity contribution is 5.40. The summed E-state index contributed by atoms with van der Waals surface area (Å²) in [5.74, 6) is 1.31. The molecule has 2 heterocycles. The normalized spacial score (nSPS) is 20.9. The summed E-state index contributed by atoms with van der Waals surface area (Å²) in [4.78, 5) is 2.24. The number of nitrogens with two attached hydrogens (primary N) is 1. The van der Waals surface area contributed by atoms with Crippen molar-refractivity contribution in [3.05, 3.63) is 30.3 Å². The van der Waals surface area contributed by atoms with Crippen LogP contribution in [0.25, 0.3) is 5.69 Å². The number of hydrogen-bond acceptors (Lipinski definition) is 5. The van der Waals surface area contributed by atoms with Crippen molar-refractivity contribution in [2.45, 2.75) is 25.8 Å². The highest BCUT2D eigenvalue weighted by atomic mass is 15.6. The number of aromatic nitrogens is 4. The van der Waals surface area contributed by atoms with Gasteiger partial charge in [0.25, 0.3) is 0 Å². The van der Waals surface area contributed by atoms with Gasteiger partial charge in [-0.15, -0.1) is 0 Å². The molecular formula is C14H20N6. The average Bonchev–Trinajstić information content (AvgIpc) is 2.98. The Balaban J connectivity index is 1.86. The van der Waals surface area contributed by atoms with E-state index in [9.17, 15) is 0 Å². The SMILES string of the molecule is CC(N)C1CCCN(c2nnnn2-c2ccccc2)C1. The number of rotatable bonds is 3. The minimum Gasteiger partial charge on any atom is -0.339 e. The molecule has 20 heavy (non-hydrogen) atoms. The van der Waals surface area contributed by atoms with E-state index >= 15 is 0 Å². The first-order valence-corrected chi connectivity index (χ1v) is 7.10. The molecule has 0 bridgehead atoms. The van der Waals surface area contributed by atoms with Crippen LogP contribution in [0.2, 0.25) is 0 Å². The van der Waals surface area contributed by atoms with Gasteiger partial charge < -0.3 is 10.6 Å². The molecule has 1 aliphatic rings. The number of benzene rings is 1. The van der Waals surface area contributed by atoms with E-state index < -0.39 is 0 Å². The van der Waals surface area contributed by atoms with Crippen molar-refractivity contribution in [2.24, 2.45) is 11.7 Å². The van der Waals surface area contributed by atoms with E-state index in [1.807, 2.05) is 30.3 Å². The van der Waals surface area contributed by atoms with Crippen LogP contribution in [0.1, 0.15) is 19.8 Å². The lowest BCUT2D eigenvalue weighted by Crippen LogP contribution is -2.43. The van der Waals surface area contributed by atoms with Gasteiger partial charge in [0.1, 0.15) is 0 Å². The molecule has 2 N–H and O–H groups in total. The van der Waals surface area contributed by atoms with E-state index in [4.69, 9.17) is 5.73 Å². The van der Waals surface area contributed by atoms with E-state index in [2.05, 4.69) is 27.3 Å². The van der Waals surface area contributed by atoms with Gasteiger partial charge in [0.15, 0.2) is 0 Å². The highest BCUT2D eigenvalue weighted by Crippen LogP contribution is 2.24. The predicted octanol–water partition coefficient (Wildman–Crippen LogP) is 1.23. The molecule has 6 heteroatoms. The number of hydrogen-bond donors (Lipinski definition) is 1. The summed E-state index contributed by atoms with van der Waals surface area (Å²) >= 11 is 0. The van der Waals surface area contributed by atoms with Gasteiger partial charge in [-0.2, -0.15) is 4.68 Å². The van der Waals surface area contributed by atoms with Gasteiger partial charge >= 0.3 is 0 Å². The van der Waals surface area contributed by atoms with Crippen LogP contribution in [-0.2, 0) is 0 Å². The van der Waals surface area contributed by atoms with Crippen molar-refractivity contribution >= 4 is 5.95 Å². The quantitative estimate of drug-likeness (QED) is 0.909. The molecule has 1 fully saturated rings. The summed E-state index contributed by atoms with van der Waals surface area (Å²) < 4.78 is 1.80. The van der Waals surface area contributed by atoms with E-state index in [1.165, 1.54) is 6.42 Å². The second-order valence-corrected chi connectivity index (χ2v) is 5.43. The zero-order valence-electron chi connectivity index (χ0n) is 11.7. The monoisotopic (exact) mass is 272 g/mol. The summed E-state index contributed by atoms with van der Waals surface area (Å²) in [6.45, 7) is 3.98. The second-order valence-electron chi connectivity index (χ2n) is 5.43. The summed E-state index contributed by atoms with van der Waals surface area (Å²) in [7, 11) is 0.